The molecule has 0 aliphatic carbocycles. The van der Waals surface area contributed by atoms with E-state index in [2.05, 4.69) is 10.2 Å². The van der Waals surface area contributed by atoms with Crippen LogP contribution in [0.4, 0.5) is 5.82 Å². The maximum absolute atomic E-state index is 12.2. The van der Waals surface area contributed by atoms with Gasteiger partial charge in [-0.2, -0.15) is 5.10 Å². The quantitative estimate of drug-likeness (QED) is 0.844. The first-order chi connectivity index (χ1) is 8.05. The fourth-order valence-electron chi connectivity index (χ4n) is 1.39. The molecule has 17 heavy (non-hydrogen) atoms. The Morgan fingerprint density at radius 1 is 1.41 bits per heavy atom. The molecule has 0 radical (unpaired) electrons. The molecule has 0 spiro atoms. The Morgan fingerprint density at radius 3 is 2.76 bits per heavy atom. The summed E-state index contributed by atoms with van der Waals surface area (Å²) in [5.74, 6) is 0.487. The first-order valence-electron chi connectivity index (χ1n) is 4.73. The minimum Gasteiger partial charge on any atom is -0.497 e. The maximum atomic E-state index is 12.2. The Morgan fingerprint density at radius 2 is 2.18 bits per heavy atom. The number of nitrogens with zero attached hydrogens (tertiary/aromatic N) is 1. The number of nitrogens with two attached hydrogens (primary N) is 1. The van der Waals surface area contributed by atoms with Gasteiger partial charge in [-0.05, 0) is 18.2 Å². The van der Waals surface area contributed by atoms with E-state index in [1.54, 1.807) is 12.1 Å². The standard InChI is InChI=1S/C10H11N3O3S/c1-16-7-3-2-4-8(5-7)17(14,15)9-6-12-13-10(9)11/h2-6H,1H3,(H3,11,12,13). The van der Waals surface area contributed by atoms with E-state index in [-0.39, 0.29) is 15.6 Å². The molecule has 1 heterocycles. The molecule has 0 amide bonds. The van der Waals surface area contributed by atoms with Crippen molar-refractivity contribution in [1.82, 2.24) is 10.2 Å². The third-order valence-electron chi connectivity index (χ3n) is 2.27. The van der Waals surface area contributed by atoms with Crippen LogP contribution in [0.15, 0.2) is 40.3 Å². The van der Waals surface area contributed by atoms with Gasteiger partial charge in [-0.3, -0.25) is 5.10 Å². The number of benzene rings is 1. The van der Waals surface area contributed by atoms with E-state index in [9.17, 15) is 8.42 Å². The van der Waals surface area contributed by atoms with E-state index < -0.39 is 9.84 Å². The predicted octanol–water partition coefficient (Wildman–Crippen LogP) is 0.833. The first kappa shape index (κ1) is 11.5. The fourth-order valence-corrected chi connectivity index (χ4v) is 2.70. The number of anilines is 1. The molecule has 2 rings (SSSR count). The minimum absolute atomic E-state index is 0.0211. The van der Waals surface area contributed by atoms with Crippen LogP contribution in [0.3, 0.4) is 0 Å². The van der Waals surface area contributed by atoms with Crippen molar-refractivity contribution in [2.45, 2.75) is 9.79 Å². The van der Waals surface area contributed by atoms with Gasteiger partial charge in [0.05, 0.1) is 18.2 Å². The second-order valence-corrected chi connectivity index (χ2v) is 5.25. The molecule has 90 valence electrons. The largest absolute Gasteiger partial charge is 0.497 e. The highest BCUT2D eigenvalue weighted by molar-refractivity contribution is 7.91. The number of H-pyrrole nitrogens is 1. The molecule has 0 atom stereocenters. The maximum Gasteiger partial charge on any atom is 0.211 e. The number of nitrogens with one attached hydrogen (secondary N) is 1. The summed E-state index contributed by atoms with van der Waals surface area (Å²) in [6.07, 6.45) is 1.18. The van der Waals surface area contributed by atoms with Crippen molar-refractivity contribution in [3.05, 3.63) is 30.5 Å². The SMILES string of the molecule is COc1cccc(S(=O)(=O)c2cn[nH]c2N)c1. The Labute approximate surface area is 98.3 Å². The van der Waals surface area contributed by atoms with Gasteiger partial charge in [0.15, 0.2) is 0 Å². The molecule has 6 nitrogen and oxygen atoms in total. The summed E-state index contributed by atoms with van der Waals surface area (Å²) >= 11 is 0. The van der Waals surface area contributed by atoms with E-state index in [1.807, 2.05) is 0 Å². The number of ether oxygens (including phenoxy) is 1. The molecule has 0 aliphatic rings. The first-order valence-corrected chi connectivity index (χ1v) is 6.22. The van der Waals surface area contributed by atoms with Crippen LogP contribution in [0.25, 0.3) is 0 Å². The van der Waals surface area contributed by atoms with Crippen molar-refractivity contribution in [3.8, 4) is 5.75 Å². The van der Waals surface area contributed by atoms with Crippen LogP contribution in [-0.4, -0.2) is 25.7 Å². The number of aromatic nitrogens is 2. The molecule has 0 saturated heterocycles. The highest BCUT2D eigenvalue weighted by atomic mass is 32.2. The van der Waals surface area contributed by atoms with Crippen molar-refractivity contribution < 1.29 is 13.2 Å². The molecule has 0 bridgehead atoms. The van der Waals surface area contributed by atoms with E-state index in [0.29, 0.717) is 5.75 Å². The van der Waals surface area contributed by atoms with E-state index in [4.69, 9.17) is 10.5 Å². The second kappa shape index (κ2) is 4.10. The summed E-state index contributed by atoms with van der Waals surface area (Å²) in [5, 5.41) is 5.99. The third-order valence-corrected chi connectivity index (χ3v) is 4.05. The number of methoxy groups -OCH3 is 1. The Bertz CT molecular complexity index is 634. The molecular formula is C10H11N3O3S. The van der Waals surface area contributed by atoms with Crippen molar-refractivity contribution in [3.63, 3.8) is 0 Å². The molecule has 0 saturated carbocycles. The number of nitrogen functional groups attached to an aromatic ring is 1. The lowest BCUT2D eigenvalue weighted by Crippen LogP contribution is -2.04. The molecule has 0 aliphatic heterocycles. The Hall–Kier alpha value is -2.02. The van der Waals surface area contributed by atoms with Crippen LogP contribution >= 0.6 is 0 Å². The van der Waals surface area contributed by atoms with Crippen molar-refractivity contribution >= 4 is 15.7 Å². The van der Waals surface area contributed by atoms with Crippen molar-refractivity contribution in [2.75, 3.05) is 12.8 Å². The highest BCUT2D eigenvalue weighted by Gasteiger charge is 2.22. The van der Waals surface area contributed by atoms with E-state index in [0.717, 1.165) is 0 Å². The number of rotatable bonds is 3. The van der Waals surface area contributed by atoms with Crippen LogP contribution in [0.5, 0.6) is 5.75 Å². The van der Waals surface area contributed by atoms with Crippen LogP contribution in [-0.2, 0) is 9.84 Å². The summed E-state index contributed by atoms with van der Waals surface area (Å²) in [7, 11) is -2.19. The van der Waals surface area contributed by atoms with Gasteiger partial charge in [0.1, 0.15) is 16.5 Å². The summed E-state index contributed by atoms with van der Waals surface area (Å²) in [6, 6.07) is 6.17. The van der Waals surface area contributed by atoms with Crippen LogP contribution in [0, 0.1) is 0 Å². The van der Waals surface area contributed by atoms with Gasteiger partial charge in [-0.25, -0.2) is 8.42 Å². The number of aromatic amines is 1. The summed E-state index contributed by atoms with van der Waals surface area (Å²) in [5.41, 5.74) is 5.51. The zero-order valence-electron chi connectivity index (χ0n) is 9.04. The van der Waals surface area contributed by atoms with Crippen molar-refractivity contribution in [2.24, 2.45) is 0 Å². The van der Waals surface area contributed by atoms with Gasteiger partial charge >= 0.3 is 0 Å². The summed E-state index contributed by atoms with van der Waals surface area (Å²) in [6.45, 7) is 0. The predicted molar refractivity (Wildman–Crippen MR) is 61.4 cm³/mol. The second-order valence-electron chi connectivity index (χ2n) is 3.33. The number of hydrogen-bond donors (Lipinski definition) is 2. The average Bonchev–Trinajstić information content (AvgIpc) is 2.76. The normalized spacial score (nSPS) is 11.4. The van der Waals surface area contributed by atoms with Crippen LogP contribution in [0.1, 0.15) is 0 Å². The number of sulfone groups is 1. The molecule has 0 unspecified atom stereocenters. The van der Waals surface area contributed by atoms with Gasteiger partial charge in [0.2, 0.25) is 9.84 Å². The van der Waals surface area contributed by atoms with Crippen LogP contribution < -0.4 is 10.5 Å². The molecular weight excluding hydrogens is 242 g/mol. The highest BCUT2D eigenvalue weighted by Crippen LogP contribution is 2.26. The lowest BCUT2D eigenvalue weighted by Gasteiger charge is -2.05. The van der Waals surface area contributed by atoms with Gasteiger partial charge < -0.3 is 10.5 Å². The zero-order chi connectivity index (χ0) is 12.5. The van der Waals surface area contributed by atoms with Crippen molar-refractivity contribution in [1.29, 1.82) is 0 Å². The monoisotopic (exact) mass is 253 g/mol. The van der Waals surface area contributed by atoms with E-state index >= 15 is 0 Å². The third kappa shape index (κ3) is 1.96. The molecule has 0 fully saturated rings. The Kier molecular flexibility index (Phi) is 2.76. The Balaban J connectivity index is 2.56. The zero-order valence-corrected chi connectivity index (χ0v) is 9.86. The van der Waals surface area contributed by atoms with Gasteiger partial charge in [0.25, 0.3) is 0 Å². The summed E-state index contributed by atoms with van der Waals surface area (Å²) < 4.78 is 29.4. The van der Waals surface area contributed by atoms with Gasteiger partial charge in [-0.15, -0.1) is 0 Å². The lowest BCUT2D eigenvalue weighted by atomic mass is 10.3. The molecule has 1 aromatic heterocycles. The van der Waals surface area contributed by atoms with Gasteiger partial charge in [-0.1, -0.05) is 6.07 Å². The number of hydrogen-bond acceptors (Lipinski definition) is 5. The molecule has 7 heteroatoms. The van der Waals surface area contributed by atoms with Crippen LogP contribution in [0.2, 0.25) is 0 Å². The van der Waals surface area contributed by atoms with Gasteiger partial charge in [0, 0.05) is 0 Å². The molecule has 1 aromatic carbocycles. The summed E-state index contributed by atoms with van der Waals surface area (Å²) in [4.78, 5) is 0.0794. The average molecular weight is 253 g/mol. The minimum atomic E-state index is -3.66. The lowest BCUT2D eigenvalue weighted by molar-refractivity contribution is 0.413. The topological polar surface area (TPSA) is 98.1 Å². The van der Waals surface area contributed by atoms with E-state index in [1.165, 1.54) is 25.4 Å². The smallest absolute Gasteiger partial charge is 0.211 e. The molecule has 2 aromatic rings. The molecule has 3 N–H and O–H groups in total. The fraction of sp³-hybridized carbons (Fsp3) is 0.100.